The van der Waals surface area contributed by atoms with Gasteiger partial charge in [0.2, 0.25) is 17.7 Å². The fourth-order valence-corrected chi connectivity index (χ4v) is 5.49. The average Bonchev–Trinajstić information content (AvgIpc) is 2.97. The molecular weight excluding hydrogens is 554 g/mol. The molecule has 0 bridgehead atoms. The second kappa shape index (κ2) is 14.1. The quantitative estimate of drug-likeness (QED) is 0.339. The molecule has 2 heterocycles. The minimum Gasteiger partial charge on any atom is -0.463 e. The third-order valence-corrected chi connectivity index (χ3v) is 7.71. The first-order valence-electron chi connectivity index (χ1n) is 14.5. The average molecular weight is 594 g/mol. The summed E-state index contributed by atoms with van der Waals surface area (Å²) in [4.78, 5) is 74.0. The summed E-state index contributed by atoms with van der Waals surface area (Å²) in [6, 6.07) is 16.2. The van der Waals surface area contributed by atoms with Crippen LogP contribution in [0.25, 0.3) is 0 Å². The Labute approximate surface area is 250 Å². The minimum absolute atomic E-state index is 0.0848. The molecule has 2 fully saturated rings. The summed E-state index contributed by atoms with van der Waals surface area (Å²) in [6.45, 7) is 4.22. The number of amides is 5. The lowest BCUT2D eigenvalue weighted by Crippen LogP contribution is -2.75. The van der Waals surface area contributed by atoms with Crippen LogP contribution in [0.2, 0.25) is 0 Å². The molecule has 0 aliphatic carbocycles. The van der Waals surface area contributed by atoms with Crippen molar-refractivity contribution in [2.24, 2.45) is 11.7 Å². The highest BCUT2D eigenvalue weighted by Gasteiger charge is 2.54. The second-order valence-corrected chi connectivity index (χ2v) is 11.3. The van der Waals surface area contributed by atoms with E-state index in [9.17, 15) is 29.1 Å². The summed E-state index contributed by atoms with van der Waals surface area (Å²) in [6.07, 6.45) is -3.35. The zero-order chi connectivity index (χ0) is 31.1. The van der Waals surface area contributed by atoms with Crippen molar-refractivity contribution >= 4 is 29.7 Å². The molecule has 5 amide bonds. The van der Waals surface area contributed by atoms with Crippen molar-refractivity contribution in [2.75, 3.05) is 13.1 Å². The number of fused-ring (bicyclic) bond motifs is 1. The smallest absolute Gasteiger partial charge is 0.433 e. The summed E-state index contributed by atoms with van der Waals surface area (Å²) in [5.41, 5.74) is 6.85. The Hall–Kier alpha value is -4.45. The molecule has 2 aliphatic heterocycles. The van der Waals surface area contributed by atoms with E-state index in [0.29, 0.717) is 17.5 Å². The van der Waals surface area contributed by atoms with Gasteiger partial charge in [-0.05, 0) is 29.9 Å². The number of benzene rings is 2. The lowest BCUT2D eigenvalue weighted by atomic mass is 9.95. The Morgan fingerprint density at radius 1 is 1.00 bits per heavy atom. The van der Waals surface area contributed by atoms with Gasteiger partial charge in [0.05, 0.1) is 6.54 Å². The maximum Gasteiger partial charge on any atom is 0.433 e. The molecule has 12 nitrogen and oxygen atoms in total. The maximum atomic E-state index is 14.4. The van der Waals surface area contributed by atoms with E-state index in [-0.39, 0.29) is 38.1 Å². The zero-order valence-electron chi connectivity index (χ0n) is 24.4. The summed E-state index contributed by atoms with van der Waals surface area (Å²) in [7, 11) is 0. The topological polar surface area (TPSA) is 163 Å². The van der Waals surface area contributed by atoms with Gasteiger partial charge in [-0.1, -0.05) is 74.5 Å². The number of carbonyl (C=O) groups excluding carboxylic acids is 4. The molecule has 2 aromatic rings. The van der Waals surface area contributed by atoms with Gasteiger partial charge in [0.15, 0.2) is 12.3 Å². The van der Waals surface area contributed by atoms with Gasteiger partial charge in [-0.15, -0.1) is 0 Å². The summed E-state index contributed by atoms with van der Waals surface area (Å²) < 4.78 is 0. The van der Waals surface area contributed by atoms with Gasteiger partial charge in [-0.2, -0.15) is 5.06 Å². The number of piperazine rings is 1. The zero-order valence-corrected chi connectivity index (χ0v) is 24.4. The van der Waals surface area contributed by atoms with E-state index >= 15 is 0 Å². The molecule has 2 saturated heterocycles. The van der Waals surface area contributed by atoms with Crippen LogP contribution in [0, 0.1) is 5.92 Å². The van der Waals surface area contributed by atoms with Crippen LogP contribution >= 0.6 is 0 Å². The largest absolute Gasteiger partial charge is 0.463 e. The number of nitrogens with two attached hydrogens (primary N) is 1. The Morgan fingerprint density at radius 3 is 2.21 bits per heavy atom. The van der Waals surface area contributed by atoms with Crippen LogP contribution in [-0.2, 0) is 36.9 Å². The van der Waals surface area contributed by atoms with Crippen molar-refractivity contribution in [1.82, 2.24) is 20.2 Å². The van der Waals surface area contributed by atoms with Crippen LogP contribution in [0.5, 0.6) is 0 Å². The van der Waals surface area contributed by atoms with Crippen LogP contribution < -0.4 is 11.1 Å². The van der Waals surface area contributed by atoms with Crippen molar-refractivity contribution in [1.29, 1.82) is 0 Å². The van der Waals surface area contributed by atoms with Gasteiger partial charge in [0.1, 0.15) is 12.1 Å². The molecule has 12 heteroatoms. The maximum absolute atomic E-state index is 14.4. The predicted molar refractivity (Wildman–Crippen MR) is 156 cm³/mol. The van der Waals surface area contributed by atoms with Gasteiger partial charge in [-0.25, -0.2) is 4.79 Å². The molecule has 4 N–H and O–H groups in total. The molecule has 0 spiro atoms. The Balaban J connectivity index is 1.74. The van der Waals surface area contributed by atoms with Gasteiger partial charge in [-0.3, -0.25) is 24.0 Å². The molecule has 0 aromatic heterocycles. The molecule has 2 aromatic carbocycles. The first kappa shape index (κ1) is 31.5. The highest BCUT2D eigenvalue weighted by atomic mass is 16.7. The number of carbonyl (C=O) groups is 5. The monoisotopic (exact) mass is 593 g/mol. The summed E-state index contributed by atoms with van der Waals surface area (Å²) >= 11 is 0. The number of nitrogens with one attached hydrogen (secondary N) is 1. The lowest BCUT2D eigenvalue weighted by Gasteiger charge is -2.53. The highest BCUT2D eigenvalue weighted by Crippen LogP contribution is 2.32. The van der Waals surface area contributed by atoms with Crippen LogP contribution in [0.3, 0.4) is 0 Å². The SMILES string of the molecule is CC(C)CCNC(=O)C(Cc1ccccc1)N1CC2N(C(=O)O)O[C@H](CCC(N)=O)C(=O)N2[C@@H](Cc2ccccc2)C1=O. The number of hydrogen-bond acceptors (Lipinski definition) is 6. The standard InChI is InChI=1S/C31H39N5O7/c1-20(2)15-16-33-28(38)23(17-21-9-5-3-6-10-21)34-19-27-35(24(29(34)39)18-22-11-7-4-8-12-22)30(40)25(13-14-26(32)37)43-36(27)31(41)42/h3-12,20,23-25,27H,13-19H2,1-2H3,(H2,32,37)(H,33,38)(H,41,42)/t23?,24-,25+,27?/m0/s1. The van der Waals surface area contributed by atoms with Crippen LogP contribution in [0.15, 0.2) is 60.7 Å². The van der Waals surface area contributed by atoms with E-state index in [1.807, 2.05) is 62.4 Å². The van der Waals surface area contributed by atoms with Gasteiger partial charge in [0, 0.05) is 25.8 Å². The Bertz CT molecular complexity index is 1310. The molecule has 2 aliphatic rings. The van der Waals surface area contributed by atoms with E-state index in [0.717, 1.165) is 17.5 Å². The van der Waals surface area contributed by atoms with Crippen molar-refractivity contribution in [2.45, 2.75) is 70.3 Å². The van der Waals surface area contributed by atoms with Crippen molar-refractivity contribution in [3.8, 4) is 0 Å². The number of hydroxylamine groups is 2. The third kappa shape index (κ3) is 7.69. The number of primary amides is 1. The Morgan fingerprint density at radius 2 is 1.63 bits per heavy atom. The van der Waals surface area contributed by atoms with E-state index in [1.54, 1.807) is 12.1 Å². The van der Waals surface area contributed by atoms with E-state index in [4.69, 9.17) is 10.6 Å². The highest BCUT2D eigenvalue weighted by molar-refractivity contribution is 5.95. The number of carboxylic acid groups (broad SMARTS) is 1. The van der Waals surface area contributed by atoms with Crippen LogP contribution in [0.1, 0.15) is 44.2 Å². The first-order valence-corrected chi connectivity index (χ1v) is 14.5. The molecule has 230 valence electrons. The predicted octanol–water partition coefficient (Wildman–Crippen LogP) is 1.93. The number of nitrogens with zero attached hydrogens (tertiary/aromatic N) is 3. The number of hydrogen-bond donors (Lipinski definition) is 3. The normalized spacial score (nSPS) is 21.0. The van der Waals surface area contributed by atoms with Gasteiger partial charge in [0.25, 0.3) is 5.91 Å². The van der Waals surface area contributed by atoms with Gasteiger partial charge < -0.3 is 26.0 Å². The number of rotatable bonds is 12. The molecular formula is C31H39N5O7. The Kier molecular flexibility index (Phi) is 10.4. The first-order chi connectivity index (χ1) is 20.6. The van der Waals surface area contributed by atoms with Crippen molar-refractivity contribution < 1.29 is 33.9 Å². The fourth-order valence-electron chi connectivity index (χ4n) is 5.49. The molecule has 4 atom stereocenters. The molecule has 0 saturated carbocycles. The summed E-state index contributed by atoms with van der Waals surface area (Å²) in [5.74, 6) is -1.78. The molecule has 0 radical (unpaired) electrons. The molecule has 2 unspecified atom stereocenters. The lowest BCUT2D eigenvalue weighted by molar-refractivity contribution is -0.266. The van der Waals surface area contributed by atoms with E-state index < -0.39 is 48.2 Å². The van der Waals surface area contributed by atoms with Gasteiger partial charge >= 0.3 is 6.09 Å². The summed E-state index contributed by atoms with van der Waals surface area (Å²) in [5, 5.41) is 13.7. The van der Waals surface area contributed by atoms with E-state index in [1.165, 1.54) is 9.80 Å². The van der Waals surface area contributed by atoms with Crippen molar-refractivity contribution in [3.05, 3.63) is 71.8 Å². The fraction of sp³-hybridized carbons (Fsp3) is 0.452. The molecule has 43 heavy (non-hydrogen) atoms. The molecule has 4 rings (SSSR count). The van der Waals surface area contributed by atoms with Crippen LogP contribution in [0.4, 0.5) is 4.79 Å². The van der Waals surface area contributed by atoms with Crippen LogP contribution in [-0.4, -0.2) is 87.1 Å². The second-order valence-electron chi connectivity index (χ2n) is 11.3. The van der Waals surface area contributed by atoms with E-state index in [2.05, 4.69) is 5.32 Å². The minimum atomic E-state index is -1.47. The third-order valence-electron chi connectivity index (χ3n) is 7.71. The van der Waals surface area contributed by atoms with Crippen molar-refractivity contribution in [3.63, 3.8) is 0 Å².